The maximum absolute atomic E-state index is 12.5. The molecule has 0 spiro atoms. The largest absolute Gasteiger partial charge is 0.493 e. The van der Waals surface area contributed by atoms with E-state index >= 15 is 0 Å². The molecule has 0 aliphatic rings. The summed E-state index contributed by atoms with van der Waals surface area (Å²) in [5.41, 5.74) is 0.361. The Morgan fingerprint density at radius 1 is 1.28 bits per heavy atom. The molecule has 0 aliphatic heterocycles. The van der Waals surface area contributed by atoms with Gasteiger partial charge in [-0.15, -0.1) is 10.2 Å². The zero-order chi connectivity index (χ0) is 18.6. The predicted molar refractivity (Wildman–Crippen MR) is 100 cm³/mol. The molecule has 0 fully saturated rings. The molecule has 6 nitrogen and oxygen atoms in total. The number of carbonyl (C=O) groups excluding carboxylic acids is 1. The van der Waals surface area contributed by atoms with Gasteiger partial charge in [0.05, 0.1) is 18.7 Å². The molecule has 0 saturated heterocycles. The van der Waals surface area contributed by atoms with E-state index in [4.69, 9.17) is 21.1 Å². The molecule has 2 rings (SSSR count). The fourth-order valence-corrected chi connectivity index (χ4v) is 2.93. The smallest absolute Gasteiger partial charge is 0.257 e. The number of nitrogens with zero attached hydrogens (tertiary/aromatic N) is 2. The van der Waals surface area contributed by atoms with E-state index in [1.54, 1.807) is 12.1 Å². The van der Waals surface area contributed by atoms with E-state index in [0.717, 1.165) is 5.01 Å². The molecule has 1 heterocycles. The Labute approximate surface area is 156 Å². The number of nitrogens with one attached hydrogen (secondary N) is 1. The van der Waals surface area contributed by atoms with Crippen LogP contribution in [0.25, 0.3) is 0 Å². The third kappa shape index (κ3) is 5.06. The van der Waals surface area contributed by atoms with Crippen LogP contribution in [0.1, 0.15) is 49.0 Å². The molecular weight excluding hydrogens is 362 g/mol. The van der Waals surface area contributed by atoms with E-state index in [1.807, 2.05) is 27.7 Å². The van der Waals surface area contributed by atoms with Gasteiger partial charge in [0.15, 0.2) is 11.5 Å². The lowest BCUT2D eigenvalue weighted by Crippen LogP contribution is -2.13. The second-order valence-electron chi connectivity index (χ2n) is 6.25. The highest BCUT2D eigenvalue weighted by molar-refractivity contribution is 7.15. The highest BCUT2D eigenvalue weighted by Gasteiger charge is 2.18. The van der Waals surface area contributed by atoms with Gasteiger partial charge in [0.1, 0.15) is 5.01 Å². The Kier molecular flexibility index (Phi) is 6.61. The maximum atomic E-state index is 12.5. The topological polar surface area (TPSA) is 73.3 Å². The first-order valence-electron chi connectivity index (χ1n) is 7.96. The minimum absolute atomic E-state index is 0.259. The van der Waals surface area contributed by atoms with Crippen molar-refractivity contribution in [2.24, 2.45) is 5.92 Å². The maximum Gasteiger partial charge on any atom is 0.257 e. The normalized spacial score (nSPS) is 11.0. The van der Waals surface area contributed by atoms with Gasteiger partial charge in [0.2, 0.25) is 5.13 Å². The molecular formula is C17H22ClN3O3S. The van der Waals surface area contributed by atoms with Gasteiger partial charge < -0.3 is 9.47 Å². The van der Waals surface area contributed by atoms with Gasteiger partial charge in [-0.25, -0.2) is 0 Å². The molecule has 1 N–H and O–H groups in total. The van der Waals surface area contributed by atoms with Gasteiger partial charge in [0, 0.05) is 11.5 Å². The molecule has 1 amide bonds. The molecule has 0 unspecified atom stereocenters. The first-order valence-corrected chi connectivity index (χ1v) is 9.16. The number of halogens is 1. The number of rotatable bonds is 7. The fourth-order valence-electron chi connectivity index (χ4n) is 1.93. The van der Waals surface area contributed by atoms with Gasteiger partial charge in [0.25, 0.3) is 5.91 Å². The fraction of sp³-hybridized carbons (Fsp3) is 0.471. The molecule has 0 atom stereocenters. The van der Waals surface area contributed by atoms with Crippen LogP contribution in [0.3, 0.4) is 0 Å². The first-order chi connectivity index (χ1) is 11.8. The average molecular weight is 384 g/mol. The van der Waals surface area contributed by atoms with E-state index in [2.05, 4.69) is 15.5 Å². The van der Waals surface area contributed by atoms with Crippen molar-refractivity contribution in [1.29, 1.82) is 0 Å². The number of hydrogen-bond donors (Lipinski definition) is 1. The average Bonchev–Trinajstić information content (AvgIpc) is 3.01. The highest BCUT2D eigenvalue weighted by Crippen LogP contribution is 2.37. The van der Waals surface area contributed by atoms with Crippen LogP contribution in [-0.4, -0.2) is 29.8 Å². The zero-order valence-electron chi connectivity index (χ0n) is 14.9. The van der Waals surface area contributed by atoms with E-state index < -0.39 is 0 Å². The van der Waals surface area contributed by atoms with Gasteiger partial charge in [-0.05, 0) is 18.1 Å². The zero-order valence-corrected chi connectivity index (χ0v) is 16.5. The van der Waals surface area contributed by atoms with Crippen LogP contribution in [0, 0.1) is 5.92 Å². The second-order valence-corrected chi connectivity index (χ2v) is 7.66. The summed E-state index contributed by atoms with van der Waals surface area (Å²) in [6, 6.07) is 3.15. The Morgan fingerprint density at radius 3 is 2.56 bits per heavy atom. The van der Waals surface area contributed by atoms with Crippen LogP contribution < -0.4 is 14.8 Å². The number of methoxy groups -OCH3 is 1. The molecule has 0 aliphatic carbocycles. The summed E-state index contributed by atoms with van der Waals surface area (Å²) in [6.07, 6.45) is 0. The van der Waals surface area contributed by atoms with Gasteiger partial charge in [-0.1, -0.05) is 50.6 Å². The molecule has 1 aromatic carbocycles. The van der Waals surface area contributed by atoms with Crippen molar-refractivity contribution >= 4 is 34.0 Å². The van der Waals surface area contributed by atoms with Crippen molar-refractivity contribution in [3.8, 4) is 11.5 Å². The number of benzene rings is 1. The molecule has 25 heavy (non-hydrogen) atoms. The van der Waals surface area contributed by atoms with Gasteiger partial charge >= 0.3 is 0 Å². The number of amides is 1. The van der Waals surface area contributed by atoms with E-state index in [0.29, 0.717) is 39.7 Å². The Balaban J connectivity index is 2.20. The summed E-state index contributed by atoms with van der Waals surface area (Å²) in [5, 5.41) is 12.4. The third-order valence-electron chi connectivity index (χ3n) is 3.21. The van der Waals surface area contributed by atoms with Crippen LogP contribution in [-0.2, 0) is 0 Å². The van der Waals surface area contributed by atoms with Gasteiger partial charge in [-0.3, -0.25) is 10.1 Å². The monoisotopic (exact) mass is 383 g/mol. The van der Waals surface area contributed by atoms with Crippen molar-refractivity contribution in [3.05, 3.63) is 27.7 Å². The van der Waals surface area contributed by atoms with Crippen LogP contribution in [0.4, 0.5) is 5.13 Å². The number of aromatic nitrogens is 2. The lowest BCUT2D eigenvalue weighted by molar-refractivity contribution is 0.102. The molecule has 0 radical (unpaired) electrons. The number of carbonyl (C=O) groups is 1. The summed E-state index contributed by atoms with van der Waals surface area (Å²) in [5.74, 6) is 1.12. The lowest BCUT2D eigenvalue weighted by atomic mass is 10.2. The summed E-state index contributed by atoms with van der Waals surface area (Å²) >= 11 is 7.63. The number of ether oxygens (including phenoxy) is 2. The van der Waals surface area contributed by atoms with Gasteiger partial charge in [-0.2, -0.15) is 0 Å². The molecule has 136 valence electrons. The van der Waals surface area contributed by atoms with Crippen LogP contribution in [0.2, 0.25) is 5.02 Å². The molecule has 2 aromatic rings. The van der Waals surface area contributed by atoms with E-state index in [-0.39, 0.29) is 11.8 Å². The Bertz CT molecular complexity index is 747. The summed E-state index contributed by atoms with van der Waals surface area (Å²) in [4.78, 5) is 12.5. The third-order valence-corrected chi connectivity index (χ3v) is 4.63. The number of anilines is 1. The number of hydrogen-bond acceptors (Lipinski definition) is 6. The van der Waals surface area contributed by atoms with Crippen molar-refractivity contribution in [3.63, 3.8) is 0 Å². The van der Waals surface area contributed by atoms with Crippen molar-refractivity contribution < 1.29 is 14.3 Å². The molecule has 0 saturated carbocycles. The summed E-state index contributed by atoms with van der Waals surface area (Å²) in [6.45, 7) is 8.62. The second kappa shape index (κ2) is 8.49. The molecule has 1 aromatic heterocycles. The van der Waals surface area contributed by atoms with Crippen LogP contribution in [0.5, 0.6) is 11.5 Å². The molecule has 0 bridgehead atoms. The standard InChI is InChI=1S/C17H22ClN3O3S/c1-9(2)8-24-14-12(18)6-11(7-13(14)23-5)15(22)19-17-21-20-16(25-17)10(3)4/h6-7,9-10H,8H2,1-5H3,(H,19,21,22). The minimum Gasteiger partial charge on any atom is -0.493 e. The van der Waals surface area contributed by atoms with E-state index in [9.17, 15) is 4.79 Å². The summed E-state index contributed by atoms with van der Waals surface area (Å²) < 4.78 is 11.0. The van der Waals surface area contributed by atoms with Crippen molar-refractivity contribution in [2.45, 2.75) is 33.6 Å². The van der Waals surface area contributed by atoms with E-state index in [1.165, 1.54) is 18.4 Å². The lowest BCUT2D eigenvalue weighted by Gasteiger charge is -2.15. The van der Waals surface area contributed by atoms with Crippen molar-refractivity contribution in [2.75, 3.05) is 19.0 Å². The predicted octanol–water partition coefficient (Wildman–Crippen LogP) is 4.61. The minimum atomic E-state index is -0.331. The Morgan fingerprint density at radius 2 is 2.00 bits per heavy atom. The SMILES string of the molecule is COc1cc(C(=O)Nc2nnc(C(C)C)s2)cc(Cl)c1OCC(C)C. The quantitative estimate of drug-likeness (QED) is 0.755. The molecule has 8 heteroatoms. The first kappa shape index (κ1) is 19.5. The van der Waals surface area contributed by atoms with Crippen molar-refractivity contribution in [1.82, 2.24) is 10.2 Å². The van der Waals surface area contributed by atoms with Crippen LogP contribution in [0.15, 0.2) is 12.1 Å². The van der Waals surface area contributed by atoms with Crippen LogP contribution >= 0.6 is 22.9 Å². The summed E-state index contributed by atoms with van der Waals surface area (Å²) in [7, 11) is 1.51. The Hall–Kier alpha value is -1.86. The highest BCUT2D eigenvalue weighted by atomic mass is 35.5.